The summed E-state index contributed by atoms with van der Waals surface area (Å²) in [6.45, 7) is 0. The first kappa shape index (κ1) is 17.3. The molecule has 0 saturated carbocycles. The van der Waals surface area contributed by atoms with Gasteiger partial charge in [-0.3, -0.25) is 0 Å². The van der Waals surface area contributed by atoms with Crippen molar-refractivity contribution in [2.24, 2.45) is 4.99 Å². The van der Waals surface area contributed by atoms with Gasteiger partial charge in [0.05, 0.1) is 14.2 Å². The van der Waals surface area contributed by atoms with Crippen LogP contribution in [0.3, 0.4) is 0 Å². The van der Waals surface area contributed by atoms with Crippen molar-refractivity contribution >= 4 is 39.3 Å². The van der Waals surface area contributed by atoms with Gasteiger partial charge in [-0.25, -0.2) is 9.98 Å². The van der Waals surface area contributed by atoms with E-state index in [0.717, 1.165) is 15.7 Å². The van der Waals surface area contributed by atoms with Crippen LogP contribution in [0.15, 0.2) is 52.2 Å². The fraction of sp³-hybridized carbons (Fsp3) is 0.105. The molecular weight excluding hydrogens is 412 g/mol. The number of hydrogen-bond donors (Lipinski definition) is 1. The van der Waals surface area contributed by atoms with Gasteiger partial charge in [-0.05, 0) is 30.3 Å². The van der Waals surface area contributed by atoms with Crippen molar-refractivity contribution in [2.75, 3.05) is 19.5 Å². The highest BCUT2D eigenvalue weighted by Gasteiger charge is 2.20. The second kappa shape index (κ2) is 7.24. The molecule has 0 bridgehead atoms. The van der Waals surface area contributed by atoms with E-state index in [4.69, 9.17) is 14.2 Å². The average Bonchev–Trinajstić information content (AvgIpc) is 2.87. The summed E-state index contributed by atoms with van der Waals surface area (Å²) < 4.78 is 17.7. The summed E-state index contributed by atoms with van der Waals surface area (Å²) in [5.74, 6) is 2.63. The van der Waals surface area contributed by atoms with Crippen molar-refractivity contribution in [3.63, 3.8) is 0 Å². The second-order valence-electron chi connectivity index (χ2n) is 5.61. The fourth-order valence-electron chi connectivity index (χ4n) is 2.62. The highest BCUT2D eigenvalue weighted by Crippen LogP contribution is 2.42. The van der Waals surface area contributed by atoms with Gasteiger partial charge in [0, 0.05) is 28.0 Å². The maximum Gasteiger partial charge on any atom is 0.250 e. The van der Waals surface area contributed by atoms with E-state index in [1.54, 1.807) is 32.6 Å². The molecule has 1 N–H and O–H groups in total. The second-order valence-corrected chi connectivity index (χ2v) is 6.53. The molecule has 3 aromatic rings. The quantitative estimate of drug-likeness (QED) is 0.502. The van der Waals surface area contributed by atoms with E-state index in [9.17, 15) is 0 Å². The summed E-state index contributed by atoms with van der Waals surface area (Å²) in [5.41, 5.74) is 2.13. The number of nitrogens with one attached hydrogen (secondary N) is 1. The summed E-state index contributed by atoms with van der Waals surface area (Å²) in [7, 11) is 3.16. The number of methoxy groups -OCH3 is 2. The Balaban J connectivity index is 1.73. The third-order valence-corrected chi connectivity index (χ3v) is 4.48. The van der Waals surface area contributed by atoms with Crippen LogP contribution in [0.5, 0.6) is 23.1 Å². The van der Waals surface area contributed by atoms with Crippen LogP contribution in [-0.4, -0.2) is 30.4 Å². The van der Waals surface area contributed by atoms with E-state index in [1.807, 2.05) is 24.3 Å². The predicted molar refractivity (Wildman–Crippen MR) is 106 cm³/mol. The van der Waals surface area contributed by atoms with Crippen molar-refractivity contribution in [1.82, 2.24) is 9.97 Å². The number of hydrogen-bond acceptors (Lipinski definition) is 7. The van der Waals surface area contributed by atoms with Crippen LogP contribution in [0.25, 0.3) is 0 Å². The standard InChI is InChI=1S/C19H15BrN4O3/c1-25-15-7-11-9-21-17-18(24-13-5-3-12(20)4-6-13)22-10-23-19(17)27-14(11)8-16(15)26-2/h3-10H,1-2H3,(H,22,23,24). The summed E-state index contributed by atoms with van der Waals surface area (Å²) in [5, 5.41) is 3.24. The molecule has 27 heavy (non-hydrogen) atoms. The van der Waals surface area contributed by atoms with Crippen molar-refractivity contribution in [3.05, 3.63) is 52.8 Å². The number of aliphatic imine (C=N–C) groups is 1. The molecule has 7 nitrogen and oxygen atoms in total. The third kappa shape index (κ3) is 3.43. The van der Waals surface area contributed by atoms with E-state index in [-0.39, 0.29) is 0 Å². The average molecular weight is 427 g/mol. The van der Waals surface area contributed by atoms with Crippen LogP contribution in [0, 0.1) is 0 Å². The van der Waals surface area contributed by atoms with E-state index >= 15 is 0 Å². The first-order chi connectivity index (χ1) is 13.2. The highest BCUT2D eigenvalue weighted by molar-refractivity contribution is 9.10. The molecule has 4 rings (SSSR count). The minimum Gasteiger partial charge on any atom is -0.493 e. The molecule has 0 spiro atoms. The van der Waals surface area contributed by atoms with Crippen LogP contribution < -0.4 is 19.5 Å². The maximum absolute atomic E-state index is 5.98. The van der Waals surface area contributed by atoms with Crippen LogP contribution in [0.1, 0.15) is 5.56 Å². The number of benzene rings is 2. The van der Waals surface area contributed by atoms with Crippen molar-refractivity contribution in [2.45, 2.75) is 0 Å². The first-order valence-electron chi connectivity index (χ1n) is 8.03. The molecule has 8 heteroatoms. The molecule has 0 saturated heterocycles. The lowest BCUT2D eigenvalue weighted by Gasteiger charge is -2.13. The lowest BCUT2D eigenvalue weighted by atomic mass is 10.2. The molecule has 2 heterocycles. The Bertz CT molecular complexity index is 1020. The number of nitrogens with zero attached hydrogens (tertiary/aromatic N) is 3. The SMILES string of the molecule is COc1cc2c(cc1OC)Oc1ncnc(Nc3ccc(Br)cc3)c1N=C2. The smallest absolute Gasteiger partial charge is 0.250 e. The number of ether oxygens (including phenoxy) is 3. The number of fused-ring (bicyclic) bond motifs is 2. The molecule has 2 aromatic carbocycles. The molecule has 0 aliphatic carbocycles. The summed E-state index contributed by atoms with van der Waals surface area (Å²) in [6, 6.07) is 11.3. The Morgan fingerprint density at radius 1 is 1.00 bits per heavy atom. The Labute approximate surface area is 164 Å². The van der Waals surface area contributed by atoms with Gasteiger partial charge in [0.2, 0.25) is 0 Å². The molecule has 1 aliphatic heterocycles. The van der Waals surface area contributed by atoms with Gasteiger partial charge in [-0.15, -0.1) is 0 Å². The van der Waals surface area contributed by atoms with Gasteiger partial charge >= 0.3 is 0 Å². The maximum atomic E-state index is 5.98. The Morgan fingerprint density at radius 3 is 2.48 bits per heavy atom. The highest BCUT2D eigenvalue weighted by atomic mass is 79.9. The van der Waals surface area contributed by atoms with Gasteiger partial charge in [-0.1, -0.05) is 15.9 Å². The number of rotatable bonds is 4. The molecular formula is C19H15BrN4O3. The van der Waals surface area contributed by atoms with E-state index < -0.39 is 0 Å². The molecule has 0 atom stereocenters. The fourth-order valence-corrected chi connectivity index (χ4v) is 2.88. The Kier molecular flexibility index (Phi) is 4.64. The van der Waals surface area contributed by atoms with E-state index in [0.29, 0.717) is 34.6 Å². The molecule has 0 fully saturated rings. The normalized spacial score (nSPS) is 11.7. The summed E-state index contributed by atoms with van der Waals surface area (Å²) >= 11 is 3.42. The molecule has 1 aliphatic rings. The predicted octanol–water partition coefficient (Wildman–Crippen LogP) is 4.86. The van der Waals surface area contributed by atoms with Crippen molar-refractivity contribution in [3.8, 4) is 23.1 Å². The van der Waals surface area contributed by atoms with Gasteiger partial charge in [-0.2, -0.15) is 4.98 Å². The molecule has 1 aromatic heterocycles. The molecule has 0 amide bonds. The Hall–Kier alpha value is -3.13. The van der Waals surface area contributed by atoms with Crippen LogP contribution >= 0.6 is 15.9 Å². The van der Waals surface area contributed by atoms with E-state index in [1.165, 1.54) is 6.33 Å². The number of halogens is 1. The largest absolute Gasteiger partial charge is 0.493 e. The van der Waals surface area contributed by atoms with Crippen LogP contribution in [-0.2, 0) is 0 Å². The topological polar surface area (TPSA) is 77.9 Å². The summed E-state index contributed by atoms with van der Waals surface area (Å²) in [4.78, 5) is 13.1. The van der Waals surface area contributed by atoms with Crippen LogP contribution in [0.2, 0.25) is 0 Å². The van der Waals surface area contributed by atoms with Gasteiger partial charge in [0.15, 0.2) is 23.0 Å². The van der Waals surface area contributed by atoms with Gasteiger partial charge in [0.1, 0.15) is 12.1 Å². The first-order valence-corrected chi connectivity index (χ1v) is 8.83. The van der Waals surface area contributed by atoms with Crippen molar-refractivity contribution < 1.29 is 14.2 Å². The number of aromatic nitrogens is 2. The molecule has 136 valence electrons. The van der Waals surface area contributed by atoms with Gasteiger partial charge < -0.3 is 19.5 Å². The molecule has 0 radical (unpaired) electrons. The van der Waals surface area contributed by atoms with E-state index in [2.05, 4.69) is 36.2 Å². The zero-order chi connectivity index (χ0) is 18.8. The number of anilines is 2. The monoisotopic (exact) mass is 426 g/mol. The zero-order valence-electron chi connectivity index (χ0n) is 14.6. The third-order valence-electron chi connectivity index (χ3n) is 3.95. The Morgan fingerprint density at radius 2 is 1.74 bits per heavy atom. The molecule has 0 unspecified atom stereocenters. The van der Waals surface area contributed by atoms with Crippen molar-refractivity contribution in [1.29, 1.82) is 0 Å². The van der Waals surface area contributed by atoms with Crippen LogP contribution in [0.4, 0.5) is 17.2 Å². The lowest BCUT2D eigenvalue weighted by molar-refractivity contribution is 0.351. The summed E-state index contributed by atoms with van der Waals surface area (Å²) in [6.07, 6.45) is 3.13. The zero-order valence-corrected chi connectivity index (χ0v) is 16.1. The van der Waals surface area contributed by atoms with Gasteiger partial charge in [0.25, 0.3) is 5.88 Å². The minimum absolute atomic E-state index is 0.354. The lowest BCUT2D eigenvalue weighted by Crippen LogP contribution is -1.98. The minimum atomic E-state index is 0.354.